The summed E-state index contributed by atoms with van der Waals surface area (Å²) in [4.78, 5) is 17.6. The van der Waals surface area contributed by atoms with E-state index in [4.69, 9.17) is 0 Å². The molecule has 6 aromatic rings. The van der Waals surface area contributed by atoms with E-state index in [2.05, 4.69) is 20.5 Å². The molecule has 0 radical (unpaired) electrons. The van der Waals surface area contributed by atoms with Gasteiger partial charge in [0.15, 0.2) is 17.2 Å². The van der Waals surface area contributed by atoms with Gasteiger partial charge in [-0.2, -0.15) is 23.4 Å². The number of anilines is 1. The molecule has 3 heterocycles. The number of nitrogens with one attached hydrogen (secondary N) is 1. The second kappa shape index (κ2) is 10.2. The molecule has 6 rings (SSSR count). The average Bonchev–Trinajstić information content (AvgIpc) is 3.59. The number of aromatic nitrogens is 5. The molecule has 41 heavy (non-hydrogen) atoms. The van der Waals surface area contributed by atoms with Crippen molar-refractivity contribution in [2.45, 2.75) is 32.5 Å². The lowest BCUT2D eigenvalue weighted by Gasteiger charge is -2.12. The molecule has 0 aliphatic carbocycles. The van der Waals surface area contributed by atoms with Crippen molar-refractivity contribution < 1.29 is 18.0 Å². The van der Waals surface area contributed by atoms with Crippen LogP contribution in [0.2, 0.25) is 0 Å². The third-order valence-electron chi connectivity index (χ3n) is 6.97. The highest BCUT2D eigenvalue weighted by molar-refractivity contribution is 6.07. The van der Waals surface area contributed by atoms with Crippen molar-refractivity contribution >= 4 is 28.1 Å². The third kappa shape index (κ3) is 5.16. The number of alkyl halides is 3. The molecule has 0 aliphatic rings. The van der Waals surface area contributed by atoms with Gasteiger partial charge >= 0.3 is 6.18 Å². The first kappa shape index (κ1) is 26.2. The number of benzene rings is 3. The zero-order valence-electron chi connectivity index (χ0n) is 22.2. The van der Waals surface area contributed by atoms with Crippen LogP contribution in [-0.2, 0) is 12.7 Å². The maximum absolute atomic E-state index is 14.0. The minimum Gasteiger partial charge on any atom is -0.305 e. The summed E-state index contributed by atoms with van der Waals surface area (Å²) >= 11 is 0. The summed E-state index contributed by atoms with van der Waals surface area (Å²) in [5.41, 5.74) is 1.38. The number of amides is 1. The van der Waals surface area contributed by atoms with E-state index >= 15 is 0 Å². The monoisotopic (exact) mass is 554 g/mol. The summed E-state index contributed by atoms with van der Waals surface area (Å²) in [5, 5.41) is 13.2. The zero-order valence-corrected chi connectivity index (χ0v) is 22.2. The number of hydrogen-bond acceptors (Lipinski definition) is 4. The van der Waals surface area contributed by atoms with Gasteiger partial charge in [0.05, 0.1) is 18.4 Å². The number of fused-ring (bicyclic) bond motifs is 2. The van der Waals surface area contributed by atoms with Gasteiger partial charge in [0.1, 0.15) is 5.56 Å². The lowest BCUT2D eigenvalue weighted by atomic mass is 10.0. The molecular formula is C31H25F3N6O. The second-order valence-corrected chi connectivity index (χ2v) is 10.1. The molecule has 7 nitrogen and oxygen atoms in total. The number of halogens is 3. The van der Waals surface area contributed by atoms with Crippen LogP contribution in [-0.4, -0.2) is 30.3 Å². The summed E-state index contributed by atoms with van der Waals surface area (Å²) in [7, 11) is 0. The Labute approximate surface area is 233 Å². The highest BCUT2D eigenvalue weighted by Crippen LogP contribution is 2.33. The van der Waals surface area contributed by atoms with E-state index < -0.39 is 17.8 Å². The smallest absolute Gasteiger partial charge is 0.305 e. The van der Waals surface area contributed by atoms with Gasteiger partial charge < -0.3 is 5.32 Å². The van der Waals surface area contributed by atoms with Crippen LogP contribution < -0.4 is 5.32 Å². The van der Waals surface area contributed by atoms with Crippen LogP contribution in [0.4, 0.5) is 19.0 Å². The first-order valence-electron chi connectivity index (χ1n) is 13.0. The summed E-state index contributed by atoms with van der Waals surface area (Å²) in [6.07, 6.45) is -1.90. The standard InChI is InChI=1S/C31H25F3N6O/c1-19(2)20-10-12-22(13-11-20)26-16-27(31(32,33)34)40-29(36-26)25(17-35-40)30(41)37-28-14-15-39(38-28)18-23-8-5-7-21-6-3-4-9-24(21)23/h3-17,19H,18H2,1-2H3,(H,37,38,41). The second-order valence-electron chi connectivity index (χ2n) is 10.1. The SMILES string of the molecule is CC(C)c1ccc(-c2cc(C(F)(F)F)n3ncc(C(=O)Nc4ccn(Cc5cccc6ccccc56)n4)c3n2)cc1. The lowest BCUT2D eigenvalue weighted by molar-refractivity contribution is -0.142. The van der Waals surface area contributed by atoms with Gasteiger partial charge in [0, 0.05) is 17.8 Å². The van der Waals surface area contributed by atoms with Gasteiger partial charge in [-0.3, -0.25) is 9.48 Å². The van der Waals surface area contributed by atoms with Crippen LogP contribution >= 0.6 is 0 Å². The molecule has 0 unspecified atom stereocenters. The number of nitrogens with zero attached hydrogens (tertiary/aromatic N) is 5. The fourth-order valence-electron chi connectivity index (χ4n) is 4.82. The number of rotatable bonds is 6. The Bertz CT molecular complexity index is 1880. The minimum atomic E-state index is -4.71. The van der Waals surface area contributed by atoms with Gasteiger partial charge in [0.2, 0.25) is 0 Å². The predicted molar refractivity (Wildman–Crippen MR) is 151 cm³/mol. The van der Waals surface area contributed by atoms with Gasteiger partial charge in [-0.05, 0) is 33.9 Å². The van der Waals surface area contributed by atoms with E-state index in [9.17, 15) is 18.0 Å². The van der Waals surface area contributed by atoms with E-state index in [1.165, 1.54) is 0 Å². The van der Waals surface area contributed by atoms with Crippen molar-refractivity contribution in [1.29, 1.82) is 0 Å². The van der Waals surface area contributed by atoms with Crippen LogP contribution in [0.1, 0.15) is 46.9 Å². The Balaban J connectivity index is 1.30. The number of carbonyl (C=O) groups excluding carboxylic acids is 1. The third-order valence-corrected chi connectivity index (χ3v) is 6.97. The number of hydrogen-bond donors (Lipinski definition) is 1. The molecule has 0 bridgehead atoms. The molecule has 3 aromatic heterocycles. The molecule has 0 atom stereocenters. The molecule has 1 N–H and O–H groups in total. The van der Waals surface area contributed by atoms with Crippen molar-refractivity contribution in [1.82, 2.24) is 24.4 Å². The molecule has 3 aromatic carbocycles. The summed E-state index contributed by atoms with van der Waals surface area (Å²) in [5.74, 6) is -0.139. The first-order chi connectivity index (χ1) is 19.7. The summed E-state index contributed by atoms with van der Waals surface area (Å²) in [6, 6.07) is 23.8. The normalized spacial score (nSPS) is 12.0. The van der Waals surface area contributed by atoms with Gasteiger partial charge in [-0.1, -0.05) is 80.6 Å². The van der Waals surface area contributed by atoms with Crippen molar-refractivity contribution in [3.05, 3.63) is 114 Å². The van der Waals surface area contributed by atoms with E-state index in [0.29, 0.717) is 16.6 Å². The van der Waals surface area contributed by atoms with Crippen LogP contribution in [0.15, 0.2) is 91.3 Å². The van der Waals surface area contributed by atoms with Crippen LogP contribution in [0, 0.1) is 0 Å². The van der Waals surface area contributed by atoms with Crippen LogP contribution in [0.3, 0.4) is 0 Å². The van der Waals surface area contributed by atoms with Crippen LogP contribution in [0.25, 0.3) is 27.7 Å². The average molecular weight is 555 g/mol. The van der Waals surface area contributed by atoms with Gasteiger partial charge in [-0.25, -0.2) is 9.50 Å². The Kier molecular flexibility index (Phi) is 6.53. The summed E-state index contributed by atoms with van der Waals surface area (Å²) < 4.78 is 44.4. The highest BCUT2D eigenvalue weighted by Gasteiger charge is 2.36. The maximum atomic E-state index is 14.0. The highest BCUT2D eigenvalue weighted by atomic mass is 19.4. The molecular weight excluding hydrogens is 529 g/mol. The fraction of sp³-hybridized carbons (Fsp3) is 0.161. The Morgan fingerprint density at radius 3 is 2.49 bits per heavy atom. The summed E-state index contributed by atoms with van der Waals surface area (Å²) in [6.45, 7) is 4.54. The maximum Gasteiger partial charge on any atom is 0.433 e. The number of carbonyl (C=O) groups is 1. The molecule has 0 fully saturated rings. The Morgan fingerprint density at radius 1 is 0.976 bits per heavy atom. The molecule has 1 amide bonds. The van der Waals surface area contributed by atoms with Crippen molar-refractivity contribution in [3.8, 4) is 11.3 Å². The van der Waals surface area contributed by atoms with Gasteiger partial charge in [0.25, 0.3) is 5.91 Å². The fourth-order valence-corrected chi connectivity index (χ4v) is 4.82. The van der Waals surface area contributed by atoms with Crippen LogP contribution in [0.5, 0.6) is 0 Å². The first-order valence-corrected chi connectivity index (χ1v) is 13.0. The molecule has 0 aliphatic heterocycles. The molecule has 0 spiro atoms. The quantitative estimate of drug-likeness (QED) is 0.236. The Morgan fingerprint density at radius 2 is 1.73 bits per heavy atom. The molecule has 0 saturated carbocycles. The predicted octanol–water partition coefficient (Wildman–Crippen LogP) is 7.19. The lowest BCUT2D eigenvalue weighted by Crippen LogP contribution is -2.16. The topological polar surface area (TPSA) is 77.1 Å². The molecule has 0 saturated heterocycles. The molecule has 206 valence electrons. The van der Waals surface area contributed by atoms with E-state index in [1.807, 2.05) is 68.4 Å². The van der Waals surface area contributed by atoms with Crippen molar-refractivity contribution in [2.24, 2.45) is 0 Å². The van der Waals surface area contributed by atoms with E-state index in [-0.39, 0.29) is 28.6 Å². The Hall–Kier alpha value is -4.99. The molecule has 10 heteroatoms. The van der Waals surface area contributed by atoms with Crippen molar-refractivity contribution in [2.75, 3.05) is 5.32 Å². The van der Waals surface area contributed by atoms with E-state index in [1.54, 1.807) is 29.1 Å². The zero-order chi connectivity index (χ0) is 28.7. The largest absolute Gasteiger partial charge is 0.433 e. The van der Waals surface area contributed by atoms with Gasteiger partial charge in [-0.15, -0.1) is 0 Å². The van der Waals surface area contributed by atoms with E-state index in [0.717, 1.165) is 34.2 Å². The van der Waals surface area contributed by atoms with Crippen molar-refractivity contribution in [3.63, 3.8) is 0 Å². The minimum absolute atomic E-state index is 0.0917.